The molecule has 2 aromatic heterocycles. The second kappa shape index (κ2) is 6.95. The first-order valence-electron chi connectivity index (χ1n) is 9.42. The molecule has 0 unspecified atom stereocenters. The Balaban J connectivity index is 1.40. The topological polar surface area (TPSA) is 55.6 Å². The lowest BCUT2D eigenvalue weighted by Crippen LogP contribution is -2.31. The first-order valence-corrected chi connectivity index (χ1v) is 10.2. The Morgan fingerprint density at radius 1 is 1.32 bits per heavy atom. The fourth-order valence-corrected chi connectivity index (χ4v) is 5.06. The minimum atomic E-state index is 0.0724. The molecule has 0 spiro atoms. The van der Waals surface area contributed by atoms with Crippen LogP contribution < -0.4 is 4.74 Å². The molecule has 1 aliphatic rings. The molecule has 5 nitrogen and oxygen atoms in total. The van der Waals surface area contributed by atoms with Crippen LogP contribution in [-0.4, -0.2) is 29.4 Å². The Labute approximate surface area is 166 Å². The molecule has 0 N–H and O–H groups in total. The summed E-state index contributed by atoms with van der Waals surface area (Å²) in [4.78, 5) is 19.9. The molecule has 0 aliphatic carbocycles. The average Bonchev–Trinajstić information content (AvgIpc) is 3.45. The second-order valence-corrected chi connectivity index (χ2v) is 8.13. The number of fused-ring (bicyclic) bond motifs is 2. The molecule has 5 rings (SSSR count). The summed E-state index contributed by atoms with van der Waals surface area (Å²) in [5, 5.41) is 2.00. The lowest BCUT2D eigenvalue weighted by molar-refractivity contribution is -0.131. The molecule has 1 fully saturated rings. The monoisotopic (exact) mass is 392 g/mol. The summed E-state index contributed by atoms with van der Waals surface area (Å²) in [5.41, 5.74) is 2.67. The quantitative estimate of drug-likeness (QED) is 0.493. The zero-order chi connectivity index (χ0) is 19.1. The predicted octanol–water partition coefficient (Wildman–Crippen LogP) is 4.96. The zero-order valence-electron chi connectivity index (χ0n) is 15.6. The van der Waals surface area contributed by atoms with Gasteiger partial charge in [0.1, 0.15) is 16.3 Å². The van der Waals surface area contributed by atoms with E-state index < -0.39 is 0 Å². The number of carbonyl (C=O) groups excluding carboxylic acids is 1. The van der Waals surface area contributed by atoms with Crippen molar-refractivity contribution in [3.05, 3.63) is 59.3 Å². The fourth-order valence-electron chi connectivity index (χ4n) is 3.95. The van der Waals surface area contributed by atoms with Crippen LogP contribution in [0.3, 0.4) is 0 Å². The minimum absolute atomic E-state index is 0.0724. The van der Waals surface area contributed by atoms with Gasteiger partial charge in [0.25, 0.3) is 0 Å². The number of likely N-dealkylation sites (tertiary alicyclic amines) is 1. The summed E-state index contributed by atoms with van der Waals surface area (Å²) in [7, 11) is 1.63. The van der Waals surface area contributed by atoms with Crippen molar-refractivity contribution < 1.29 is 13.9 Å². The second-order valence-electron chi connectivity index (χ2n) is 7.06. The number of methoxy groups -OCH3 is 1. The van der Waals surface area contributed by atoms with Crippen LogP contribution in [-0.2, 0) is 11.2 Å². The average molecular weight is 392 g/mol. The molecule has 142 valence electrons. The third-order valence-electron chi connectivity index (χ3n) is 5.37. The maximum Gasteiger partial charge on any atom is 0.227 e. The van der Waals surface area contributed by atoms with Crippen LogP contribution in [0.5, 0.6) is 5.75 Å². The van der Waals surface area contributed by atoms with Gasteiger partial charge in [-0.15, -0.1) is 11.3 Å². The predicted molar refractivity (Wildman–Crippen MR) is 110 cm³/mol. The van der Waals surface area contributed by atoms with E-state index in [1.54, 1.807) is 24.7 Å². The van der Waals surface area contributed by atoms with Gasteiger partial charge in [0.05, 0.1) is 36.1 Å². The highest BCUT2D eigenvalue weighted by atomic mass is 32.1. The lowest BCUT2D eigenvalue weighted by Gasteiger charge is -2.23. The van der Waals surface area contributed by atoms with Crippen molar-refractivity contribution in [2.45, 2.75) is 25.3 Å². The molecule has 2 aromatic carbocycles. The molecule has 3 heterocycles. The van der Waals surface area contributed by atoms with Crippen molar-refractivity contribution >= 4 is 38.4 Å². The third kappa shape index (κ3) is 2.94. The minimum Gasteiger partial charge on any atom is -0.497 e. The van der Waals surface area contributed by atoms with Gasteiger partial charge in [-0.1, -0.05) is 12.1 Å². The van der Waals surface area contributed by atoms with Gasteiger partial charge >= 0.3 is 0 Å². The van der Waals surface area contributed by atoms with E-state index in [0.717, 1.165) is 52.2 Å². The highest BCUT2D eigenvalue weighted by molar-refractivity contribution is 7.18. The Kier molecular flexibility index (Phi) is 4.28. The highest BCUT2D eigenvalue weighted by Gasteiger charge is 2.32. The number of para-hydroxylation sites is 1. The maximum atomic E-state index is 13.1. The lowest BCUT2D eigenvalue weighted by atomic mass is 10.1. The Morgan fingerprint density at radius 2 is 2.21 bits per heavy atom. The summed E-state index contributed by atoms with van der Waals surface area (Å²) < 4.78 is 12.1. The summed E-state index contributed by atoms with van der Waals surface area (Å²) in [6.45, 7) is 0.781. The first kappa shape index (κ1) is 17.3. The van der Waals surface area contributed by atoms with Crippen LogP contribution in [0, 0.1) is 0 Å². The molecule has 0 bridgehead atoms. The number of ether oxygens (including phenoxy) is 1. The van der Waals surface area contributed by atoms with Gasteiger partial charge in [0.2, 0.25) is 5.91 Å². The number of rotatable bonds is 4. The molecule has 0 saturated carbocycles. The maximum absolute atomic E-state index is 13.1. The number of nitrogens with zero attached hydrogens (tertiary/aromatic N) is 2. The number of hydrogen-bond acceptors (Lipinski definition) is 5. The zero-order valence-corrected chi connectivity index (χ0v) is 16.4. The molecular formula is C22H20N2O3S. The van der Waals surface area contributed by atoms with Gasteiger partial charge in [-0.25, -0.2) is 4.98 Å². The highest BCUT2D eigenvalue weighted by Crippen LogP contribution is 2.37. The molecule has 1 aliphatic heterocycles. The summed E-state index contributed by atoms with van der Waals surface area (Å²) in [6.07, 6.45) is 4.00. The van der Waals surface area contributed by atoms with E-state index >= 15 is 0 Å². The molecule has 28 heavy (non-hydrogen) atoms. The SMILES string of the molecule is COc1ccc2c(CC(=O)N3CCC[C@@H]3c3nc4ccccc4s3)coc2c1. The number of hydrogen-bond donors (Lipinski definition) is 0. The Hall–Kier alpha value is -2.86. The van der Waals surface area contributed by atoms with Gasteiger partial charge in [-0.2, -0.15) is 0 Å². The third-order valence-corrected chi connectivity index (χ3v) is 6.51. The number of amides is 1. The van der Waals surface area contributed by atoms with Crippen LogP contribution in [0.4, 0.5) is 0 Å². The van der Waals surface area contributed by atoms with Crippen molar-refractivity contribution in [1.29, 1.82) is 0 Å². The van der Waals surface area contributed by atoms with Gasteiger partial charge in [0, 0.05) is 23.6 Å². The van der Waals surface area contributed by atoms with Crippen LogP contribution in [0.15, 0.2) is 53.1 Å². The van der Waals surface area contributed by atoms with Crippen molar-refractivity contribution in [2.24, 2.45) is 0 Å². The van der Waals surface area contributed by atoms with Crippen LogP contribution in [0.2, 0.25) is 0 Å². The van der Waals surface area contributed by atoms with Crippen LogP contribution in [0.25, 0.3) is 21.2 Å². The Bertz CT molecular complexity index is 1130. The summed E-state index contributed by atoms with van der Waals surface area (Å²) in [6, 6.07) is 13.9. The van der Waals surface area contributed by atoms with E-state index in [4.69, 9.17) is 14.1 Å². The van der Waals surface area contributed by atoms with Gasteiger partial charge in [-0.3, -0.25) is 4.79 Å². The van der Waals surface area contributed by atoms with Gasteiger partial charge in [-0.05, 0) is 37.1 Å². The molecule has 0 radical (unpaired) electrons. The summed E-state index contributed by atoms with van der Waals surface area (Å²) >= 11 is 1.69. The molecule has 4 aromatic rings. The van der Waals surface area contributed by atoms with E-state index in [1.807, 2.05) is 41.3 Å². The first-order chi connectivity index (χ1) is 13.7. The van der Waals surface area contributed by atoms with Crippen molar-refractivity contribution in [1.82, 2.24) is 9.88 Å². The van der Waals surface area contributed by atoms with E-state index in [-0.39, 0.29) is 11.9 Å². The van der Waals surface area contributed by atoms with Gasteiger partial charge < -0.3 is 14.1 Å². The normalized spacial score (nSPS) is 16.9. The van der Waals surface area contributed by atoms with Crippen molar-refractivity contribution in [3.63, 3.8) is 0 Å². The van der Waals surface area contributed by atoms with Crippen LogP contribution >= 0.6 is 11.3 Å². The number of thiazole rings is 1. The molecule has 1 atom stereocenters. The number of furan rings is 1. The van der Waals surface area contributed by atoms with E-state index in [1.165, 1.54) is 4.70 Å². The van der Waals surface area contributed by atoms with E-state index in [9.17, 15) is 4.79 Å². The molecule has 6 heteroatoms. The molecule has 1 amide bonds. The fraction of sp³-hybridized carbons (Fsp3) is 0.273. The largest absolute Gasteiger partial charge is 0.497 e. The van der Waals surface area contributed by atoms with Crippen LogP contribution in [0.1, 0.15) is 29.5 Å². The standard InChI is InChI=1S/C22H20N2O3S/c1-26-15-8-9-16-14(13-27-19(16)12-15)11-21(25)24-10-4-6-18(24)22-23-17-5-2-3-7-20(17)28-22/h2-3,5,7-9,12-13,18H,4,6,10-11H2,1H3/t18-/m1/s1. The molecule has 1 saturated heterocycles. The number of carbonyl (C=O) groups is 1. The smallest absolute Gasteiger partial charge is 0.227 e. The van der Waals surface area contributed by atoms with Gasteiger partial charge in [0.15, 0.2) is 0 Å². The van der Waals surface area contributed by atoms with E-state index in [2.05, 4.69) is 6.07 Å². The van der Waals surface area contributed by atoms with Crippen molar-refractivity contribution in [2.75, 3.05) is 13.7 Å². The summed E-state index contributed by atoms with van der Waals surface area (Å²) in [5.74, 6) is 0.871. The molecular weight excluding hydrogens is 372 g/mol. The number of aromatic nitrogens is 1. The number of benzene rings is 2. The van der Waals surface area contributed by atoms with E-state index in [0.29, 0.717) is 6.42 Å². The Morgan fingerprint density at radius 3 is 3.07 bits per heavy atom. The van der Waals surface area contributed by atoms with Crippen molar-refractivity contribution in [3.8, 4) is 5.75 Å².